The Bertz CT molecular complexity index is 516. The van der Waals surface area contributed by atoms with Gasteiger partial charge in [0.1, 0.15) is 0 Å². The van der Waals surface area contributed by atoms with Crippen LogP contribution < -0.4 is 11.1 Å². The number of ether oxygens (including phenoxy) is 1. The number of halogens is 2. The van der Waals surface area contributed by atoms with E-state index in [2.05, 4.69) is 10.2 Å². The summed E-state index contributed by atoms with van der Waals surface area (Å²) >= 11 is 11.9. The van der Waals surface area contributed by atoms with Crippen molar-refractivity contribution in [1.29, 1.82) is 0 Å². The van der Waals surface area contributed by atoms with Gasteiger partial charge in [0.05, 0.1) is 35.7 Å². The van der Waals surface area contributed by atoms with E-state index in [1.807, 2.05) is 13.8 Å². The van der Waals surface area contributed by atoms with Gasteiger partial charge >= 0.3 is 0 Å². The van der Waals surface area contributed by atoms with Crippen LogP contribution in [0.5, 0.6) is 0 Å². The molecule has 0 saturated carbocycles. The highest BCUT2D eigenvalue weighted by Gasteiger charge is 2.25. The van der Waals surface area contributed by atoms with Crippen molar-refractivity contribution >= 4 is 40.5 Å². The zero-order valence-corrected chi connectivity index (χ0v) is 13.5. The molecule has 0 radical (unpaired) electrons. The van der Waals surface area contributed by atoms with Crippen LogP contribution in [0.15, 0.2) is 12.1 Å². The maximum atomic E-state index is 12.2. The van der Waals surface area contributed by atoms with Crippen LogP contribution in [0.25, 0.3) is 0 Å². The van der Waals surface area contributed by atoms with Crippen molar-refractivity contribution in [2.75, 3.05) is 30.7 Å². The number of hydrogen-bond acceptors (Lipinski definition) is 4. The number of amides is 1. The van der Waals surface area contributed by atoms with Crippen molar-refractivity contribution in [3.8, 4) is 0 Å². The quantitative estimate of drug-likeness (QED) is 0.835. The van der Waals surface area contributed by atoms with Crippen molar-refractivity contribution in [3.05, 3.63) is 22.2 Å². The zero-order chi connectivity index (χ0) is 15.6. The third-order valence-electron chi connectivity index (χ3n) is 3.43. The predicted octanol–water partition coefficient (Wildman–Crippen LogP) is 2.62. The standard InChI is InChI=1S/C14H19Cl2N3O2/c1-8-7-21-9(2)5-19(8)6-13(20)18-14-11(16)3-10(15)4-12(14)17/h3-4,8-9H,5-7,17H2,1-2H3,(H,18,20). The molecule has 1 amide bonds. The smallest absolute Gasteiger partial charge is 0.238 e. The molecule has 5 nitrogen and oxygen atoms in total. The molecule has 1 saturated heterocycles. The molecule has 1 aromatic carbocycles. The summed E-state index contributed by atoms with van der Waals surface area (Å²) in [5.74, 6) is -0.160. The molecule has 3 N–H and O–H groups in total. The van der Waals surface area contributed by atoms with E-state index in [1.54, 1.807) is 12.1 Å². The molecular formula is C14H19Cl2N3O2. The Balaban J connectivity index is 2.02. The Kier molecular flexibility index (Phi) is 5.32. The molecule has 1 aliphatic heterocycles. The van der Waals surface area contributed by atoms with Crippen LogP contribution in [0.3, 0.4) is 0 Å². The molecule has 1 aliphatic rings. The molecule has 2 unspecified atom stereocenters. The zero-order valence-electron chi connectivity index (χ0n) is 12.0. The molecular weight excluding hydrogens is 313 g/mol. The minimum atomic E-state index is -0.160. The molecule has 0 aromatic heterocycles. The van der Waals surface area contributed by atoms with E-state index in [-0.39, 0.29) is 24.6 Å². The highest BCUT2D eigenvalue weighted by atomic mass is 35.5. The summed E-state index contributed by atoms with van der Waals surface area (Å²) in [4.78, 5) is 14.3. The Labute approximate surface area is 134 Å². The summed E-state index contributed by atoms with van der Waals surface area (Å²) in [7, 11) is 0. The first-order valence-corrected chi connectivity index (χ1v) is 7.52. The van der Waals surface area contributed by atoms with Crippen LogP contribution >= 0.6 is 23.2 Å². The molecule has 0 aliphatic carbocycles. The summed E-state index contributed by atoms with van der Waals surface area (Å²) in [6, 6.07) is 3.31. The molecule has 1 fully saturated rings. The number of carbonyl (C=O) groups is 1. The molecule has 1 aromatic rings. The first-order valence-electron chi connectivity index (χ1n) is 6.77. The SMILES string of the molecule is CC1CN(CC(=O)Nc2c(N)cc(Cl)cc2Cl)C(C)CO1. The Morgan fingerprint density at radius 2 is 2.19 bits per heavy atom. The fourth-order valence-corrected chi connectivity index (χ4v) is 2.84. The predicted molar refractivity (Wildman–Crippen MR) is 86.0 cm³/mol. The summed E-state index contributed by atoms with van der Waals surface area (Å²) < 4.78 is 5.54. The molecule has 0 bridgehead atoms. The lowest BCUT2D eigenvalue weighted by Gasteiger charge is -2.36. The van der Waals surface area contributed by atoms with Crippen LogP contribution in [-0.4, -0.2) is 42.6 Å². The second kappa shape index (κ2) is 6.83. The molecule has 1 heterocycles. The Morgan fingerprint density at radius 3 is 2.86 bits per heavy atom. The van der Waals surface area contributed by atoms with Gasteiger partial charge in [-0.3, -0.25) is 9.69 Å². The molecule has 116 valence electrons. The first kappa shape index (κ1) is 16.4. The minimum absolute atomic E-state index is 0.123. The normalized spacial score (nSPS) is 23.0. The van der Waals surface area contributed by atoms with Crippen molar-refractivity contribution in [1.82, 2.24) is 4.90 Å². The van der Waals surface area contributed by atoms with Gasteiger partial charge < -0.3 is 15.8 Å². The van der Waals surface area contributed by atoms with Crippen molar-refractivity contribution in [3.63, 3.8) is 0 Å². The fourth-order valence-electron chi connectivity index (χ4n) is 2.28. The molecule has 2 rings (SSSR count). The van der Waals surface area contributed by atoms with Gasteiger partial charge in [0.25, 0.3) is 0 Å². The first-order chi connectivity index (χ1) is 9.86. The third-order valence-corrected chi connectivity index (χ3v) is 3.95. The maximum absolute atomic E-state index is 12.2. The minimum Gasteiger partial charge on any atom is -0.397 e. The van der Waals surface area contributed by atoms with Gasteiger partial charge in [-0.25, -0.2) is 0 Å². The van der Waals surface area contributed by atoms with Gasteiger partial charge in [0.2, 0.25) is 5.91 Å². The summed E-state index contributed by atoms with van der Waals surface area (Å²) in [6.45, 7) is 5.64. The number of rotatable bonds is 3. The van der Waals surface area contributed by atoms with Gasteiger partial charge in [-0.05, 0) is 26.0 Å². The monoisotopic (exact) mass is 331 g/mol. The molecule has 21 heavy (non-hydrogen) atoms. The number of nitrogens with one attached hydrogen (secondary N) is 1. The highest BCUT2D eigenvalue weighted by Crippen LogP contribution is 2.32. The highest BCUT2D eigenvalue weighted by molar-refractivity contribution is 6.37. The lowest BCUT2D eigenvalue weighted by atomic mass is 10.2. The fraction of sp³-hybridized carbons (Fsp3) is 0.500. The average Bonchev–Trinajstić information content (AvgIpc) is 2.38. The Morgan fingerprint density at radius 1 is 1.48 bits per heavy atom. The van der Waals surface area contributed by atoms with E-state index in [1.165, 1.54) is 0 Å². The summed E-state index contributed by atoms with van der Waals surface area (Å²) in [5.41, 5.74) is 6.59. The number of morpholine rings is 1. The second-order valence-electron chi connectivity index (χ2n) is 5.32. The molecule has 7 heteroatoms. The van der Waals surface area contributed by atoms with Gasteiger partial charge in [0.15, 0.2) is 0 Å². The van der Waals surface area contributed by atoms with Crippen LogP contribution in [0.2, 0.25) is 10.0 Å². The maximum Gasteiger partial charge on any atom is 0.238 e. The van der Waals surface area contributed by atoms with Gasteiger partial charge in [-0.2, -0.15) is 0 Å². The number of nitrogens with zero attached hydrogens (tertiary/aromatic N) is 1. The number of nitrogen functional groups attached to an aromatic ring is 1. The van der Waals surface area contributed by atoms with E-state index in [0.29, 0.717) is 28.0 Å². The van der Waals surface area contributed by atoms with E-state index in [4.69, 9.17) is 33.7 Å². The van der Waals surface area contributed by atoms with Crippen molar-refractivity contribution in [2.45, 2.75) is 26.0 Å². The molecule has 2 atom stereocenters. The van der Waals surface area contributed by atoms with Crippen LogP contribution in [0, 0.1) is 0 Å². The van der Waals surface area contributed by atoms with E-state index in [9.17, 15) is 4.79 Å². The van der Waals surface area contributed by atoms with Crippen LogP contribution in [0.4, 0.5) is 11.4 Å². The number of anilines is 2. The lowest BCUT2D eigenvalue weighted by molar-refractivity contribution is -0.121. The average molecular weight is 332 g/mol. The topological polar surface area (TPSA) is 67.6 Å². The lowest BCUT2D eigenvalue weighted by Crippen LogP contribution is -2.50. The van der Waals surface area contributed by atoms with Gasteiger partial charge in [-0.15, -0.1) is 0 Å². The van der Waals surface area contributed by atoms with E-state index in [0.717, 1.165) is 6.54 Å². The van der Waals surface area contributed by atoms with Gasteiger partial charge in [0, 0.05) is 17.6 Å². The van der Waals surface area contributed by atoms with E-state index < -0.39 is 0 Å². The van der Waals surface area contributed by atoms with Gasteiger partial charge in [-0.1, -0.05) is 23.2 Å². The largest absolute Gasteiger partial charge is 0.397 e. The second-order valence-corrected chi connectivity index (χ2v) is 6.17. The molecule has 0 spiro atoms. The number of carbonyl (C=O) groups excluding carboxylic acids is 1. The third kappa shape index (κ3) is 4.23. The van der Waals surface area contributed by atoms with Crippen molar-refractivity contribution < 1.29 is 9.53 Å². The number of nitrogens with two attached hydrogens (primary N) is 1. The van der Waals surface area contributed by atoms with Crippen LogP contribution in [-0.2, 0) is 9.53 Å². The Hall–Kier alpha value is -1.01. The van der Waals surface area contributed by atoms with E-state index >= 15 is 0 Å². The number of benzene rings is 1. The summed E-state index contributed by atoms with van der Waals surface area (Å²) in [5, 5.41) is 3.52. The number of hydrogen-bond donors (Lipinski definition) is 2. The van der Waals surface area contributed by atoms with Crippen molar-refractivity contribution in [2.24, 2.45) is 0 Å². The van der Waals surface area contributed by atoms with Crippen LogP contribution in [0.1, 0.15) is 13.8 Å². The summed E-state index contributed by atoms with van der Waals surface area (Å²) in [6.07, 6.45) is 0.123.